The highest BCUT2D eigenvalue weighted by atomic mass is 32.2. The number of hydrogen-bond acceptors (Lipinski definition) is 5. The number of piperidine rings is 1. The molecule has 2 aliphatic rings. The van der Waals surface area contributed by atoms with E-state index in [0.29, 0.717) is 30.3 Å². The number of para-hydroxylation sites is 1. The normalized spacial score (nSPS) is 20.4. The van der Waals surface area contributed by atoms with Gasteiger partial charge in [0.25, 0.3) is 0 Å². The summed E-state index contributed by atoms with van der Waals surface area (Å²) in [5.41, 5.74) is -0.843. The van der Waals surface area contributed by atoms with Gasteiger partial charge in [-0.15, -0.1) is 0 Å². The summed E-state index contributed by atoms with van der Waals surface area (Å²) in [7, 11) is -3.86. The number of benzene rings is 2. The van der Waals surface area contributed by atoms with Crippen molar-refractivity contribution in [2.45, 2.75) is 62.4 Å². The van der Waals surface area contributed by atoms with Gasteiger partial charge in [0.15, 0.2) is 0 Å². The van der Waals surface area contributed by atoms with Gasteiger partial charge in [-0.3, -0.25) is 15.1 Å². The number of rotatable bonds is 6. The largest absolute Gasteiger partial charge is 0.416 e. The van der Waals surface area contributed by atoms with E-state index in [-0.39, 0.29) is 36.4 Å². The number of halogens is 3. The summed E-state index contributed by atoms with van der Waals surface area (Å²) in [5.74, 6) is 0.0482. The van der Waals surface area contributed by atoms with E-state index in [1.807, 2.05) is 13.8 Å². The van der Waals surface area contributed by atoms with Gasteiger partial charge in [-0.05, 0) is 55.0 Å². The maximum atomic E-state index is 13.7. The third-order valence-electron chi connectivity index (χ3n) is 7.59. The minimum Gasteiger partial charge on any atom is -0.319 e. The number of carbonyl (C=O) groups excluding carboxylic acids is 1. The minimum absolute atomic E-state index is 0.00431. The molecule has 2 aromatic carbocycles. The minimum atomic E-state index is -4.49. The summed E-state index contributed by atoms with van der Waals surface area (Å²) in [6.45, 7) is 4.32. The van der Waals surface area contributed by atoms with E-state index in [1.165, 1.54) is 10.4 Å². The molecule has 0 saturated carbocycles. The van der Waals surface area contributed by atoms with Gasteiger partial charge < -0.3 is 4.90 Å². The van der Waals surface area contributed by atoms with Crippen molar-refractivity contribution in [1.82, 2.24) is 19.5 Å². The van der Waals surface area contributed by atoms with Gasteiger partial charge in [-0.2, -0.15) is 17.5 Å². The van der Waals surface area contributed by atoms with Crippen molar-refractivity contribution in [2.75, 3.05) is 13.1 Å². The van der Waals surface area contributed by atoms with Gasteiger partial charge >= 0.3 is 6.18 Å². The summed E-state index contributed by atoms with van der Waals surface area (Å²) >= 11 is 0. The van der Waals surface area contributed by atoms with E-state index in [1.54, 1.807) is 47.5 Å². The van der Waals surface area contributed by atoms with Crippen LogP contribution < -0.4 is 5.32 Å². The van der Waals surface area contributed by atoms with Crippen molar-refractivity contribution >= 4 is 26.8 Å². The van der Waals surface area contributed by atoms with Crippen LogP contribution in [0.4, 0.5) is 13.2 Å². The van der Waals surface area contributed by atoms with Crippen LogP contribution in [0.15, 0.2) is 65.7 Å². The SMILES string of the molecule is CC(C)C[C@@H]1NC2(CCN(S(=O)(=O)c3cccc4cccnc34)CC2)N(Cc2cccc(C(F)(F)F)c2)C1=O. The molecule has 1 amide bonds. The number of nitrogens with zero attached hydrogens (tertiary/aromatic N) is 3. The van der Waals surface area contributed by atoms with Crippen molar-refractivity contribution in [3.63, 3.8) is 0 Å². The van der Waals surface area contributed by atoms with E-state index in [0.717, 1.165) is 17.5 Å². The van der Waals surface area contributed by atoms with Crippen LogP contribution >= 0.6 is 0 Å². The Morgan fingerprint density at radius 2 is 1.77 bits per heavy atom. The number of aromatic nitrogens is 1. The molecule has 1 spiro atoms. The molecule has 1 aromatic heterocycles. The molecule has 1 N–H and O–H groups in total. The fraction of sp³-hybridized carbons (Fsp3) is 0.429. The van der Waals surface area contributed by atoms with Crippen LogP contribution in [-0.4, -0.2) is 53.3 Å². The number of fused-ring (bicyclic) bond motifs is 1. The molecule has 1 atom stereocenters. The first-order chi connectivity index (χ1) is 18.4. The van der Waals surface area contributed by atoms with Crippen LogP contribution in [0.5, 0.6) is 0 Å². The molecule has 7 nitrogen and oxygen atoms in total. The fourth-order valence-electron chi connectivity index (χ4n) is 5.69. The lowest BCUT2D eigenvalue weighted by Gasteiger charge is -2.44. The maximum absolute atomic E-state index is 13.7. The smallest absolute Gasteiger partial charge is 0.319 e. The number of nitrogens with one attached hydrogen (secondary N) is 1. The Balaban J connectivity index is 1.42. The summed E-state index contributed by atoms with van der Waals surface area (Å²) in [4.78, 5) is 19.6. The van der Waals surface area contributed by atoms with Gasteiger partial charge in [0, 0.05) is 31.2 Å². The predicted molar refractivity (Wildman–Crippen MR) is 141 cm³/mol. The molecule has 5 rings (SSSR count). The molecule has 0 aliphatic carbocycles. The third-order valence-corrected chi connectivity index (χ3v) is 9.52. The van der Waals surface area contributed by atoms with Gasteiger partial charge in [0.05, 0.1) is 22.8 Å². The van der Waals surface area contributed by atoms with Crippen molar-refractivity contribution in [1.29, 1.82) is 0 Å². The second-order valence-electron chi connectivity index (χ2n) is 10.7. The number of pyridine rings is 1. The predicted octanol–water partition coefficient (Wildman–Crippen LogP) is 4.78. The Bertz CT molecular complexity index is 1480. The first kappa shape index (κ1) is 27.5. The molecular formula is C28H31F3N4O3S. The number of carbonyl (C=O) groups is 1. The van der Waals surface area contributed by atoms with Gasteiger partial charge in [-0.25, -0.2) is 8.42 Å². The zero-order valence-electron chi connectivity index (χ0n) is 21.8. The van der Waals surface area contributed by atoms with E-state index < -0.39 is 33.5 Å². The van der Waals surface area contributed by atoms with Crippen molar-refractivity contribution in [3.8, 4) is 0 Å². The molecule has 2 fully saturated rings. The lowest BCUT2D eigenvalue weighted by Crippen LogP contribution is -2.59. The van der Waals surface area contributed by atoms with Gasteiger partial charge in [-0.1, -0.05) is 44.2 Å². The molecule has 39 heavy (non-hydrogen) atoms. The molecule has 3 heterocycles. The summed E-state index contributed by atoms with van der Waals surface area (Å²) < 4.78 is 68.8. The topological polar surface area (TPSA) is 82.6 Å². The molecule has 2 aliphatic heterocycles. The number of hydrogen-bond donors (Lipinski definition) is 1. The average Bonchev–Trinajstić information content (AvgIpc) is 3.13. The third kappa shape index (κ3) is 5.27. The maximum Gasteiger partial charge on any atom is 0.416 e. The van der Waals surface area contributed by atoms with Crippen molar-refractivity contribution in [3.05, 3.63) is 71.9 Å². The molecule has 208 valence electrons. The molecule has 0 bridgehead atoms. The Hall–Kier alpha value is -3.02. The van der Waals surface area contributed by atoms with E-state index in [4.69, 9.17) is 0 Å². The first-order valence-corrected chi connectivity index (χ1v) is 14.4. The first-order valence-electron chi connectivity index (χ1n) is 13.0. The number of amides is 1. The highest BCUT2D eigenvalue weighted by molar-refractivity contribution is 7.89. The highest BCUT2D eigenvalue weighted by Gasteiger charge is 2.52. The second kappa shape index (κ2) is 10.2. The average molecular weight is 561 g/mol. The van der Waals surface area contributed by atoms with Gasteiger partial charge in [0.1, 0.15) is 4.90 Å². The zero-order valence-corrected chi connectivity index (χ0v) is 22.6. The molecule has 0 radical (unpaired) electrons. The fourth-order valence-corrected chi connectivity index (χ4v) is 7.29. The summed E-state index contributed by atoms with van der Waals surface area (Å²) in [6.07, 6.45) is -1.74. The number of sulfonamides is 1. The lowest BCUT2D eigenvalue weighted by molar-refractivity contribution is -0.137. The van der Waals surface area contributed by atoms with E-state index in [2.05, 4.69) is 10.3 Å². The zero-order chi connectivity index (χ0) is 28.0. The van der Waals surface area contributed by atoms with Crippen LogP contribution in [0, 0.1) is 5.92 Å². The molecule has 3 aromatic rings. The molecule has 2 saturated heterocycles. The Morgan fingerprint density at radius 1 is 1.08 bits per heavy atom. The molecule has 11 heteroatoms. The Kier molecular flexibility index (Phi) is 7.19. The van der Waals surface area contributed by atoms with E-state index in [9.17, 15) is 26.4 Å². The van der Waals surface area contributed by atoms with Crippen LogP contribution in [0.3, 0.4) is 0 Å². The highest BCUT2D eigenvalue weighted by Crippen LogP contribution is 2.38. The van der Waals surface area contributed by atoms with Gasteiger partial charge in [0.2, 0.25) is 15.9 Å². The quantitative estimate of drug-likeness (QED) is 0.469. The lowest BCUT2D eigenvalue weighted by atomic mass is 9.96. The number of alkyl halides is 3. The van der Waals surface area contributed by atoms with Crippen LogP contribution in [0.25, 0.3) is 10.9 Å². The molecule has 0 unspecified atom stereocenters. The summed E-state index contributed by atoms with van der Waals surface area (Å²) in [5, 5.41) is 4.19. The Labute approximate surface area is 226 Å². The van der Waals surface area contributed by atoms with Crippen LogP contribution in [0.1, 0.15) is 44.2 Å². The standard InChI is InChI=1S/C28H31F3N4O3S/c1-19(2)16-23-26(36)35(18-20-6-3-9-22(17-20)28(29,30)31)27(33-23)11-14-34(15-12-27)39(37,38)24-10-4-7-21-8-5-13-32-25(21)24/h3-10,13,17,19,23,33H,11-12,14-16,18H2,1-2H3/t23-/m0/s1. The van der Waals surface area contributed by atoms with Crippen molar-refractivity contribution in [2.24, 2.45) is 5.92 Å². The molecular weight excluding hydrogens is 529 g/mol. The van der Waals surface area contributed by atoms with Crippen LogP contribution in [0.2, 0.25) is 0 Å². The Morgan fingerprint density at radius 3 is 2.46 bits per heavy atom. The monoisotopic (exact) mass is 560 g/mol. The van der Waals surface area contributed by atoms with Crippen LogP contribution in [-0.2, 0) is 27.5 Å². The van der Waals surface area contributed by atoms with Crippen molar-refractivity contribution < 1.29 is 26.4 Å². The second-order valence-corrected chi connectivity index (χ2v) is 12.6. The van der Waals surface area contributed by atoms with E-state index >= 15 is 0 Å². The summed E-state index contributed by atoms with van der Waals surface area (Å²) in [6, 6.07) is 13.1.